The maximum atomic E-state index is 13.0. The first-order valence-corrected chi connectivity index (χ1v) is 13.1. The first-order chi connectivity index (χ1) is 15.9. The number of anilines is 1. The average Bonchev–Trinajstić information content (AvgIpc) is 3.25. The summed E-state index contributed by atoms with van der Waals surface area (Å²) in [5, 5.41) is 11.8. The number of hydrogen-bond acceptors (Lipinski definition) is 7. The third kappa shape index (κ3) is 6.19. The van der Waals surface area contributed by atoms with E-state index < -0.39 is 22.0 Å². The van der Waals surface area contributed by atoms with Crippen LogP contribution in [0.3, 0.4) is 0 Å². The van der Waals surface area contributed by atoms with Crippen LogP contribution in [0.5, 0.6) is 5.75 Å². The fourth-order valence-electron chi connectivity index (χ4n) is 3.17. The van der Waals surface area contributed by atoms with Gasteiger partial charge in [0.1, 0.15) is 16.8 Å². The molecular weight excluding hydrogens is 472 g/mol. The molecule has 1 aromatic heterocycles. The van der Waals surface area contributed by atoms with Crippen molar-refractivity contribution in [1.82, 2.24) is 14.9 Å². The Balaban J connectivity index is 1.73. The first-order valence-electron chi connectivity index (χ1n) is 10.8. The van der Waals surface area contributed by atoms with E-state index in [1.807, 2.05) is 24.3 Å². The van der Waals surface area contributed by atoms with Crippen LogP contribution < -0.4 is 14.8 Å². The van der Waals surface area contributed by atoms with Crippen LogP contribution in [0, 0.1) is 5.92 Å². The number of hydrogen-bond donors (Lipinski definition) is 2. The molecule has 0 bridgehead atoms. The highest BCUT2D eigenvalue weighted by Gasteiger charge is 2.29. The van der Waals surface area contributed by atoms with Crippen LogP contribution in [0.25, 0.3) is 10.6 Å². The van der Waals surface area contributed by atoms with E-state index in [0.717, 1.165) is 16.9 Å². The van der Waals surface area contributed by atoms with Gasteiger partial charge in [-0.25, -0.2) is 8.42 Å². The van der Waals surface area contributed by atoms with Gasteiger partial charge < -0.3 is 4.74 Å². The highest BCUT2D eigenvalue weighted by molar-refractivity contribution is 7.89. The van der Waals surface area contributed by atoms with Gasteiger partial charge in [0.05, 0.1) is 12.0 Å². The molecule has 182 valence electrons. The normalized spacial score (nSPS) is 13.0. The second kappa shape index (κ2) is 10.2. The maximum Gasteiger partial charge on any atom is 0.244 e. The van der Waals surface area contributed by atoms with Gasteiger partial charge in [-0.05, 0) is 53.3 Å². The predicted octanol–water partition coefficient (Wildman–Crippen LogP) is 4.45. The number of methoxy groups -OCH3 is 1. The van der Waals surface area contributed by atoms with Gasteiger partial charge in [-0.15, -0.1) is 10.2 Å². The summed E-state index contributed by atoms with van der Waals surface area (Å²) in [5.41, 5.74) is 1.76. The highest BCUT2D eigenvalue weighted by Crippen LogP contribution is 2.28. The van der Waals surface area contributed by atoms with Gasteiger partial charge in [0.15, 0.2) is 0 Å². The van der Waals surface area contributed by atoms with E-state index in [1.165, 1.54) is 11.3 Å². The Morgan fingerprint density at radius 1 is 1.00 bits per heavy atom. The lowest BCUT2D eigenvalue weighted by atomic mass is 9.87. The molecule has 1 heterocycles. The number of ether oxygens (including phenoxy) is 1. The van der Waals surface area contributed by atoms with Crippen LogP contribution >= 0.6 is 11.3 Å². The second-order valence-electron chi connectivity index (χ2n) is 9.25. The minimum absolute atomic E-state index is 0.0948. The lowest BCUT2D eigenvalue weighted by molar-refractivity contribution is -0.118. The van der Waals surface area contributed by atoms with Crippen molar-refractivity contribution in [3.05, 3.63) is 54.1 Å². The molecule has 3 rings (SSSR count). The van der Waals surface area contributed by atoms with Crippen LogP contribution in [-0.4, -0.2) is 37.7 Å². The molecule has 2 aromatic carbocycles. The molecule has 1 amide bonds. The number of nitrogens with one attached hydrogen (secondary N) is 2. The number of carbonyl (C=O) groups excluding carboxylic acids is 1. The minimum Gasteiger partial charge on any atom is -0.497 e. The topological polar surface area (TPSA) is 110 Å². The number of carbonyl (C=O) groups is 1. The van der Waals surface area contributed by atoms with Crippen LogP contribution in [0.1, 0.15) is 40.2 Å². The van der Waals surface area contributed by atoms with Crippen molar-refractivity contribution < 1.29 is 17.9 Å². The molecule has 0 spiro atoms. The molecular formula is C24H30N4O4S2. The van der Waals surface area contributed by atoms with Gasteiger partial charge >= 0.3 is 0 Å². The van der Waals surface area contributed by atoms with Crippen LogP contribution in [0.15, 0.2) is 53.4 Å². The molecule has 0 aliphatic carbocycles. The molecule has 1 atom stereocenters. The van der Waals surface area contributed by atoms with Gasteiger partial charge in [-0.1, -0.05) is 58.1 Å². The zero-order chi connectivity index (χ0) is 25.1. The van der Waals surface area contributed by atoms with Gasteiger partial charge in [0.2, 0.25) is 21.1 Å². The number of sulfonamides is 1. The fourth-order valence-corrected chi connectivity index (χ4v) is 5.26. The largest absolute Gasteiger partial charge is 0.497 e. The van der Waals surface area contributed by atoms with Crippen molar-refractivity contribution in [2.75, 3.05) is 12.4 Å². The van der Waals surface area contributed by atoms with Crippen LogP contribution in [-0.2, 0) is 20.2 Å². The average molecular weight is 503 g/mol. The quantitative estimate of drug-likeness (QED) is 0.471. The molecule has 0 saturated heterocycles. The van der Waals surface area contributed by atoms with E-state index in [-0.39, 0.29) is 21.4 Å². The molecule has 34 heavy (non-hydrogen) atoms. The number of amides is 1. The summed E-state index contributed by atoms with van der Waals surface area (Å²) in [5.74, 6) is -0.0678. The summed E-state index contributed by atoms with van der Waals surface area (Å²) in [4.78, 5) is 13.1. The van der Waals surface area contributed by atoms with E-state index in [4.69, 9.17) is 4.74 Å². The Kier molecular flexibility index (Phi) is 7.74. The Labute approximate surface area is 204 Å². The summed E-state index contributed by atoms with van der Waals surface area (Å²) >= 11 is 1.20. The molecule has 8 nitrogen and oxygen atoms in total. The third-order valence-electron chi connectivity index (χ3n) is 5.25. The van der Waals surface area contributed by atoms with E-state index >= 15 is 0 Å². The summed E-state index contributed by atoms with van der Waals surface area (Å²) in [6.45, 7) is 9.72. The van der Waals surface area contributed by atoms with Crippen LogP contribution in [0.4, 0.5) is 5.13 Å². The molecule has 2 N–H and O–H groups in total. The van der Waals surface area contributed by atoms with Crippen molar-refractivity contribution >= 4 is 32.4 Å². The smallest absolute Gasteiger partial charge is 0.244 e. The molecule has 0 aliphatic heterocycles. The summed E-state index contributed by atoms with van der Waals surface area (Å²) in [6.07, 6.45) is 0. The molecule has 0 aliphatic rings. The van der Waals surface area contributed by atoms with Crippen molar-refractivity contribution in [3.63, 3.8) is 0 Å². The molecule has 0 fully saturated rings. The monoisotopic (exact) mass is 502 g/mol. The lowest BCUT2D eigenvalue weighted by Crippen LogP contribution is -2.47. The number of benzene rings is 2. The van der Waals surface area contributed by atoms with E-state index in [9.17, 15) is 13.2 Å². The fraction of sp³-hybridized carbons (Fsp3) is 0.375. The minimum atomic E-state index is -3.90. The first kappa shape index (κ1) is 25.8. The Bertz CT molecular complexity index is 1230. The lowest BCUT2D eigenvalue weighted by Gasteiger charge is -2.22. The van der Waals surface area contributed by atoms with E-state index in [2.05, 4.69) is 41.0 Å². The summed E-state index contributed by atoms with van der Waals surface area (Å²) in [7, 11) is -2.31. The standard InChI is InChI=1S/C24H30N4O4S2/c1-15(2)20(28-34(30,31)19-13-9-17(10-14-19)24(3,4)5)21(29)25-23-27-26-22(33-23)16-7-11-18(32-6)12-8-16/h7-15,20,28H,1-6H3,(H,25,27,29). The third-order valence-corrected chi connectivity index (χ3v) is 7.60. The molecule has 1 unspecified atom stereocenters. The van der Waals surface area contributed by atoms with Crippen LogP contribution in [0.2, 0.25) is 0 Å². The van der Waals surface area contributed by atoms with Gasteiger partial charge in [0.25, 0.3) is 0 Å². The van der Waals surface area contributed by atoms with Crippen molar-refractivity contribution in [1.29, 1.82) is 0 Å². The van der Waals surface area contributed by atoms with Gasteiger partial charge in [0, 0.05) is 5.56 Å². The molecule has 0 saturated carbocycles. The number of nitrogens with zero attached hydrogens (tertiary/aromatic N) is 2. The maximum absolute atomic E-state index is 13.0. The molecule has 3 aromatic rings. The Hall–Kier alpha value is -2.82. The van der Waals surface area contributed by atoms with Gasteiger partial charge in [-0.3, -0.25) is 10.1 Å². The van der Waals surface area contributed by atoms with Crippen molar-refractivity contribution in [2.45, 2.75) is 51.0 Å². The predicted molar refractivity (Wildman–Crippen MR) is 135 cm³/mol. The number of rotatable bonds is 8. The SMILES string of the molecule is COc1ccc(-c2nnc(NC(=O)C(NS(=O)(=O)c3ccc(C(C)(C)C)cc3)C(C)C)s2)cc1. The zero-order valence-corrected chi connectivity index (χ0v) is 21.8. The number of aromatic nitrogens is 2. The zero-order valence-electron chi connectivity index (χ0n) is 20.1. The summed E-state index contributed by atoms with van der Waals surface area (Å²) < 4.78 is 33.7. The van der Waals surface area contributed by atoms with E-state index in [1.54, 1.807) is 45.2 Å². The van der Waals surface area contributed by atoms with E-state index in [0.29, 0.717) is 5.01 Å². The Morgan fingerprint density at radius 2 is 1.62 bits per heavy atom. The molecule has 0 radical (unpaired) electrons. The van der Waals surface area contributed by atoms with Gasteiger partial charge in [-0.2, -0.15) is 4.72 Å². The molecule has 10 heteroatoms. The van der Waals surface area contributed by atoms with Crippen molar-refractivity contribution in [3.8, 4) is 16.3 Å². The second-order valence-corrected chi connectivity index (χ2v) is 11.9. The Morgan fingerprint density at radius 3 is 2.15 bits per heavy atom. The van der Waals surface area contributed by atoms with Crippen molar-refractivity contribution in [2.24, 2.45) is 5.92 Å². The summed E-state index contributed by atoms with van der Waals surface area (Å²) in [6, 6.07) is 13.0. The highest BCUT2D eigenvalue weighted by atomic mass is 32.2.